The maximum Gasteiger partial charge on any atom is 0.408 e. The van der Waals surface area contributed by atoms with Crippen LogP contribution in [0.3, 0.4) is 0 Å². The topological polar surface area (TPSA) is 72.5 Å². The number of benzene rings is 1. The average molecular weight is 313 g/mol. The van der Waals surface area contributed by atoms with E-state index >= 15 is 0 Å². The summed E-state index contributed by atoms with van der Waals surface area (Å²) in [6, 6.07) is 3.63. The maximum absolute atomic E-state index is 12.4. The molecule has 0 atom stereocenters. The van der Waals surface area contributed by atoms with E-state index in [1.807, 2.05) is 19.1 Å². The van der Waals surface area contributed by atoms with Crippen LogP contribution in [0.25, 0.3) is 0 Å². The van der Waals surface area contributed by atoms with Crippen molar-refractivity contribution in [2.24, 2.45) is 0 Å². The molecule has 1 rings (SSSR count). The lowest BCUT2D eigenvalue weighted by molar-refractivity contribution is 0.0537. The number of hydrogen-bond donors (Lipinski definition) is 1. The monoisotopic (exact) mass is 313 g/mol. The number of sulfone groups is 1. The number of rotatable bonds is 3. The van der Waals surface area contributed by atoms with Gasteiger partial charge in [0.15, 0.2) is 9.84 Å². The molecule has 5 nitrogen and oxygen atoms in total. The van der Waals surface area contributed by atoms with Gasteiger partial charge in [-0.05, 0) is 52.7 Å². The molecule has 21 heavy (non-hydrogen) atoms. The summed E-state index contributed by atoms with van der Waals surface area (Å²) in [5.74, 6) is -0.480. The number of aryl methyl sites for hydroxylation is 3. The van der Waals surface area contributed by atoms with Gasteiger partial charge in [-0.25, -0.2) is 13.2 Å². The molecule has 1 aromatic rings. The Morgan fingerprint density at radius 2 is 1.62 bits per heavy atom. The normalized spacial score (nSPS) is 12.1. The zero-order valence-corrected chi connectivity index (χ0v) is 14.2. The summed E-state index contributed by atoms with van der Waals surface area (Å²) in [6.07, 6.45) is -0.742. The van der Waals surface area contributed by atoms with Crippen molar-refractivity contribution in [2.75, 3.05) is 5.88 Å². The van der Waals surface area contributed by atoms with Crippen LogP contribution < -0.4 is 5.32 Å². The Balaban J connectivity index is 2.91. The highest BCUT2D eigenvalue weighted by Gasteiger charge is 2.22. The standard InChI is InChI=1S/C15H23NO4S/c1-10-7-11(2)13(12(3)8-10)21(18,19)9-16-14(17)20-15(4,5)6/h7-8H,9H2,1-6H3,(H,16,17). The molecule has 0 saturated carbocycles. The Morgan fingerprint density at radius 3 is 2.05 bits per heavy atom. The SMILES string of the molecule is Cc1cc(C)c(S(=O)(=O)CNC(=O)OC(C)(C)C)c(C)c1. The lowest BCUT2D eigenvalue weighted by Gasteiger charge is -2.20. The second-order valence-electron chi connectivity index (χ2n) is 6.17. The van der Waals surface area contributed by atoms with Gasteiger partial charge in [0.1, 0.15) is 11.5 Å². The van der Waals surface area contributed by atoms with Crippen molar-refractivity contribution in [2.45, 2.75) is 52.0 Å². The van der Waals surface area contributed by atoms with Gasteiger partial charge in [-0.15, -0.1) is 0 Å². The molecule has 0 aromatic heterocycles. The molecule has 1 N–H and O–H groups in total. The van der Waals surface area contributed by atoms with Gasteiger partial charge in [0, 0.05) is 0 Å². The van der Waals surface area contributed by atoms with Crippen molar-refractivity contribution in [3.8, 4) is 0 Å². The van der Waals surface area contributed by atoms with Gasteiger partial charge in [-0.1, -0.05) is 17.7 Å². The van der Waals surface area contributed by atoms with Crippen LogP contribution in [0.4, 0.5) is 4.79 Å². The Hall–Kier alpha value is -1.56. The quantitative estimate of drug-likeness (QED) is 0.931. The van der Waals surface area contributed by atoms with Crippen LogP contribution in [0.15, 0.2) is 17.0 Å². The van der Waals surface area contributed by atoms with Gasteiger partial charge in [-0.2, -0.15) is 0 Å². The van der Waals surface area contributed by atoms with E-state index in [1.54, 1.807) is 34.6 Å². The van der Waals surface area contributed by atoms with E-state index in [-0.39, 0.29) is 4.90 Å². The van der Waals surface area contributed by atoms with E-state index in [1.165, 1.54) is 0 Å². The Morgan fingerprint density at radius 1 is 1.14 bits per heavy atom. The summed E-state index contributed by atoms with van der Waals surface area (Å²) in [6.45, 7) is 10.6. The highest BCUT2D eigenvalue weighted by Crippen LogP contribution is 2.22. The van der Waals surface area contributed by atoms with Crippen LogP contribution in [-0.4, -0.2) is 26.0 Å². The predicted octanol–water partition coefficient (Wildman–Crippen LogP) is 2.87. The van der Waals surface area contributed by atoms with Crippen molar-refractivity contribution >= 4 is 15.9 Å². The van der Waals surface area contributed by atoms with Crippen LogP contribution >= 0.6 is 0 Å². The first-order valence-electron chi connectivity index (χ1n) is 6.70. The first kappa shape index (κ1) is 17.5. The molecule has 118 valence electrons. The summed E-state index contributed by atoms with van der Waals surface area (Å²) in [5.41, 5.74) is 1.70. The van der Waals surface area contributed by atoms with Crippen molar-refractivity contribution in [1.82, 2.24) is 5.32 Å². The van der Waals surface area contributed by atoms with Crippen LogP contribution in [-0.2, 0) is 14.6 Å². The number of alkyl carbamates (subject to hydrolysis) is 1. The summed E-state index contributed by atoms with van der Waals surface area (Å²) in [4.78, 5) is 11.8. The first-order chi connectivity index (χ1) is 9.42. The maximum atomic E-state index is 12.4. The largest absolute Gasteiger partial charge is 0.444 e. The van der Waals surface area contributed by atoms with Crippen molar-refractivity contribution in [3.63, 3.8) is 0 Å². The van der Waals surface area contributed by atoms with E-state index < -0.39 is 27.4 Å². The third kappa shape index (κ3) is 5.04. The van der Waals surface area contributed by atoms with Gasteiger partial charge >= 0.3 is 6.09 Å². The van der Waals surface area contributed by atoms with E-state index in [0.29, 0.717) is 11.1 Å². The Bertz CT molecular complexity index is 619. The predicted molar refractivity (Wildman–Crippen MR) is 82.1 cm³/mol. The van der Waals surface area contributed by atoms with E-state index in [0.717, 1.165) is 5.56 Å². The van der Waals surface area contributed by atoms with E-state index in [9.17, 15) is 13.2 Å². The lowest BCUT2D eigenvalue weighted by Crippen LogP contribution is -2.35. The van der Waals surface area contributed by atoms with Crippen LogP contribution in [0.5, 0.6) is 0 Å². The van der Waals surface area contributed by atoms with Gasteiger partial charge in [0.25, 0.3) is 0 Å². The first-order valence-corrected chi connectivity index (χ1v) is 8.35. The second-order valence-corrected chi connectivity index (χ2v) is 8.09. The zero-order chi connectivity index (χ0) is 16.4. The number of carbonyl (C=O) groups excluding carboxylic acids is 1. The molecular formula is C15H23NO4S. The zero-order valence-electron chi connectivity index (χ0n) is 13.4. The minimum Gasteiger partial charge on any atom is -0.444 e. The molecule has 0 unspecified atom stereocenters. The summed E-state index contributed by atoms with van der Waals surface area (Å²) in [7, 11) is -3.60. The molecule has 0 aliphatic heterocycles. The molecular weight excluding hydrogens is 290 g/mol. The number of carbonyl (C=O) groups is 1. The number of amides is 1. The molecule has 0 saturated heterocycles. The van der Waals surface area contributed by atoms with E-state index in [4.69, 9.17) is 4.74 Å². The minimum absolute atomic E-state index is 0.268. The van der Waals surface area contributed by atoms with Crippen LogP contribution in [0, 0.1) is 20.8 Å². The van der Waals surface area contributed by atoms with Gasteiger partial charge in [-0.3, -0.25) is 0 Å². The number of hydrogen-bond acceptors (Lipinski definition) is 4. The molecule has 6 heteroatoms. The number of nitrogens with one attached hydrogen (secondary N) is 1. The van der Waals surface area contributed by atoms with Gasteiger partial charge in [0.05, 0.1) is 4.90 Å². The molecule has 0 aliphatic rings. The molecule has 0 spiro atoms. The van der Waals surface area contributed by atoms with Crippen LogP contribution in [0.2, 0.25) is 0 Å². The number of ether oxygens (including phenoxy) is 1. The van der Waals surface area contributed by atoms with Gasteiger partial charge < -0.3 is 10.1 Å². The highest BCUT2D eigenvalue weighted by atomic mass is 32.2. The average Bonchev–Trinajstić information content (AvgIpc) is 2.22. The molecule has 0 fully saturated rings. The van der Waals surface area contributed by atoms with E-state index in [2.05, 4.69) is 5.32 Å². The molecule has 0 aliphatic carbocycles. The molecule has 0 bridgehead atoms. The summed E-state index contributed by atoms with van der Waals surface area (Å²) in [5, 5.41) is 2.30. The van der Waals surface area contributed by atoms with Gasteiger partial charge in [0.2, 0.25) is 0 Å². The second kappa shape index (κ2) is 6.05. The molecule has 1 aromatic carbocycles. The smallest absolute Gasteiger partial charge is 0.408 e. The molecule has 0 radical (unpaired) electrons. The summed E-state index contributed by atoms with van der Waals surface area (Å²) >= 11 is 0. The Kier molecular flexibility index (Phi) is 5.04. The Labute approximate surface area is 126 Å². The lowest BCUT2D eigenvalue weighted by atomic mass is 10.1. The fraction of sp³-hybridized carbons (Fsp3) is 0.533. The minimum atomic E-state index is -3.60. The van der Waals surface area contributed by atoms with Crippen LogP contribution in [0.1, 0.15) is 37.5 Å². The molecule has 0 heterocycles. The molecule has 1 amide bonds. The van der Waals surface area contributed by atoms with Crippen molar-refractivity contribution in [3.05, 3.63) is 28.8 Å². The fourth-order valence-electron chi connectivity index (χ4n) is 2.20. The highest BCUT2D eigenvalue weighted by molar-refractivity contribution is 7.91. The summed E-state index contributed by atoms with van der Waals surface area (Å²) < 4.78 is 29.8. The van der Waals surface area contributed by atoms with Crippen molar-refractivity contribution in [1.29, 1.82) is 0 Å². The van der Waals surface area contributed by atoms with Crippen molar-refractivity contribution < 1.29 is 17.9 Å². The third-order valence-corrected chi connectivity index (χ3v) is 4.51. The third-order valence-electron chi connectivity index (χ3n) is 2.72. The fourth-order valence-corrected chi connectivity index (χ4v) is 3.75.